The van der Waals surface area contributed by atoms with Crippen molar-refractivity contribution in [1.82, 2.24) is 0 Å². The Bertz CT molecular complexity index is 1300. The number of para-hydroxylation sites is 1. The summed E-state index contributed by atoms with van der Waals surface area (Å²) in [7, 11) is 2.20. The zero-order chi connectivity index (χ0) is 19.8. The van der Waals surface area contributed by atoms with Crippen molar-refractivity contribution in [1.29, 1.82) is 0 Å². The van der Waals surface area contributed by atoms with Gasteiger partial charge in [0.25, 0.3) is 0 Å². The summed E-state index contributed by atoms with van der Waals surface area (Å²) in [6.07, 6.45) is 0. The van der Waals surface area contributed by atoms with E-state index in [1.54, 1.807) is 0 Å². The Morgan fingerprint density at radius 1 is 0.517 bits per heavy atom. The summed E-state index contributed by atoms with van der Waals surface area (Å²) in [6.45, 7) is 4.70. The van der Waals surface area contributed by atoms with Gasteiger partial charge in [0.1, 0.15) is 0 Å². The summed E-state index contributed by atoms with van der Waals surface area (Å²) < 4.78 is 0. The van der Waals surface area contributed by atoms with Gasteiger partial charge in [0, 0.05) is 35.0 Å². The first-order valence-corrected chi connectivity index (χ1v) is 10.3. The van der Waals surface area contributed by atoms with Crippen LogP contribution in [0.4, 0.5) is 11.4 Å². The van der Waals surface area contributed by atoms with Gasteiger partial charge in [0.05, 0.1) is 0 Å². The fourth-order valence-electron chi connectivity index (χ4n) is 5.31. The van der Waals surface area contributed by atoms with E-state index in [2.05, 4.69) is 111 Å². The molecule has 6 rings (SSSR count). The molecule has 1 nitrogen and oxygen atoms in total. The Morgan fingerprint density at radius 3 is 1.86 bits per heavy atom. The first-order chi connectivity index (χ1) is 14.1. The van der Waals surface area contributed by atoms with E-state index in [9.17, 15) is 0 Å². The highest BCUT2D eigenvalue weighted by Gasteiger charge is 2.37. The molecule has 0 fully saturated rings. The molecule has 0 atom stereocenters. The smallest absolute Gasteiger partial charge is 0.0491 e. The Labute approximate surface area is 172 Å². The quantitative estimate of drug-likeness (QED) is 0.310. The van der Waals surface area contributed by atoms with E-state index in [1.807, 2.05) is 0 Å². The number of benzene rings is 4. The lowest BCUT2D eigenvalue weighted by Gasteiger charge is -2.26. The Kier molecular flexibility index (Phi) is 3.21. The van der Waals surface area contributed by atoms with Crippen molar-refractivity contribution in [2.75, 3.05) is 11.9 Å². The number of fused-ring (bicyclic) bond motifs is 8. The topological polar surface area (TPSA) is 3.24 Å². The lowest BCUT2D eigenvalue weighted by Crippen LogP contribution is -2.17. The van der Waals surface area contributed by atoms with Crippen LogP contribution in [0.15, 0.2) is 84.9 Å². The Morgan fingerprint density at radius 2 is 1.10 bits per heavy atom. The molecule has 1 heteroatoms. The molecule has 4 aromatic carbocycles. The van der Waals surface area contributed by atoms with Gasteiger partial charge >= 0.3 is 0 Å². The number of anilines is 2. The van der Waals surface area contributed by atoms with Crippen LogP contribution in [0, 0.1) is 0 Å². The zero-order valence-corrected chi connectivity index (χ0v) is 17.0. The lowest BCUT2D eigenvalue weighted by atomic mass is 9.81. The van der Waals surface area contributed by atoms with E-state index >= 15 is 0 Å². The second kappa shape index (κ2) is 5.61. The predicted octanol–water partition coefficient (Wildman–Crippen LogP) is 7.41. The minimum Gasteiger partial charge on any atom is -0.344 e. The van der Waals surface area contributed by atoms with Gasteiger partial charge in [0.2, 0.25) is 0 Å². The molecule has 29 heavy (non-hydrogen) atoms. The minimum absolute atomic E-state index is 0.00708. The highest BCUT2D eigenvalue weighted by Crippen LogP contribution is 2.54. The van der Waals surface area contributed by atoms with Crippen LogP contribution in [0.5, 0.6) is 0 Å². The van der Waals surface area contributed by atoms with E-state index in [0.717, 1.165) is 0 Å². The minimum atomic E-state index is 0.00708. The van der Waals surface area contributed by atoms with Crippen LogP contribution < -0.4 is 4.90 Å². The molecule has 140 valence electrons. The standard InChI is InChI=1S/C28H23N/c1-28(2)24-14-8-6-12-20(24)22-16-23-19-11-5-4-10-18(19)21-13-7-9-15-26(21)29(3)27(23)17-25(22)28/h4-17H,1-3H3. The fourth-order valence-corrected chi connectivity index (χ4v) is 5.31. The summed E-state index contributed by atoms with van der Waals surface area (Å²) >= 11 is 0. The van der Waals surface area contributed by atoms with Crippen LogP contribution >= 0.6 is 0 Å². The molecule has 0 N–H and O–H groups in total. The van der Waals surface area contributed by atoms with E-state index in [1.165, 1.54) is 55.9 Å². The normalized spacial score (nSPS) is 14.9. The highest BCUT2D eigenvalue weighted by molar-refractivity contribution is 6.01. The number of hydrogen-bond acceptors (Lipinski definition) is 1. The Hall–Kier alpha value is -3.32. The molecule has 0 saturated carbocycles. The van der Waals surface area contributed by atoms with Gasteiger partial charge in [-0.3, -0.25) is 0 Å². The van der Waals surface area contributed by atoms with Crippen molar-refractivity contribution < 1.29 is 0 Å². The summed E-state index contributed by atoms with van der Waals surface area (Å²) in [5.41, 5.74) is 13.3. The van der Waals surface area contributed by atoms with Gasteiger partial charge in [-0.1, -0.05) is 80.6 Å². The monoisotopic (exact) mass is 373 g/mol. The Balaban J connectivity index is 1.74. The number of rotatable bonds is 0. The van der Waals surface area contributed by atoms with Crippen molar-refractivity contribution in [3.63, 3.8) is 0 Å². The van der Waals surface area contributed by atoms with Crippen molar-refractivity contribution in [3.05, 3.63) is 96.1 Å². The maximum Gasteiger partial charge on any atom is 0.0491 e. The van der Waals surface area contributed by atoms with E-state index in [0.29, 0.717) is 0 Å². The average Bonchev–Trinajstić information content (AvgIpc) is 2.92. The van der Waals surface area contributed by atoms with Crippen LogP contribution in [-0.2, 0) is 5.41 Å². The van der Waals surface area contributed by atoms with Crippen LogP contribution in [0.2, 0.25) is 0 Å². The molecule has 0 amide bonds. The predicted molar refractivity (Wildman–Crippen MR) is 123 cm³/mol. The first kappa shape index (κ1) is 16.6. The largest absolute Gasteiger partial charge is 0.344 e. The van der Waals surface area contributed by atoms with Gasteiger partial charge < -0.3 is 4.90 Å². The molecule has 4 aromatic rings. The highest BCUT2D eigenvalue weighted by atomic mass is 15.1. The van der Waals surface area contributed by atoms with Crippen molar-refractivity contribution in [2.45, 2.75) is 19.3 Å². The maximum atomic E-state index is 2.43. The third kappa shape index (κ3) is 2.10. The molecular weight excluding hydrogens is 350 g/mol. The first-order valence-electron chi connectivity index (χ1n) is 10.3. The average molecular weight is 373 g/mol. The third-order valence-corrected chi connectivity index (χ3v) is 6.83. The molecule has 0 saturated heterocycles. The fraction of sp³-hybridized carbons (Fsp3) is 0.143. The van der Waals surface area contributed by atoms with Crippen LogP contribution in [0.1, 0.15) is 25.0 Å². The van der Waals surface area contributed by atoms with Crippen molar-refractivity contribution in [2.24, 2.45) is 0 Å². The molecular formula is C28H23N. The maximum absolute atomic E-state index is 2.43. The molecule has 1 aliphatic carbocycles. The van der Waals surface area contributed by atoms with E-state index in [-0.39, 0.29) is 5.41 Å². The van der Waals surface area contributed by atoms with Crippen molar-refractivity contribution in [3.8, 4) is 33.4 Å². The van der Waals surface area contributed by atoms with Gasteiger partial charge in [-0.2, -0.15) is 0 Å². The lowest BCUT2D eigenvalue weighted by molar-refractivity contribution is 0.660. The summed E-state index contributed by atoms with van der Waals surface area (Å²) in [4.78, 5) is 2.37. The molecule has 0 unspecified atom stereocenters. The molecule has 2 aliphatic rings. The van der Waals surface area contributed by atoms with E-state index in [4.69, 9.17) is 0 Å². The summed E-state index contributed by atoms with van der Waals surface area (Å²) in [5.74, 6) is 0. The van der Waals surface area contributed by atoms with Crippen LogP contribution in [0.3, 0.4) is 0 Å². The van der Waals surface area contributed by atoms with Gasteiger partial charge in [0.15, 0.2) is 0 Å². The van der Waals surface area contributed by atoms with Crippen molar-refractivity contribution >= 4 is 11.4 Å². The molecule has 0 spiro atoms. The SMILES string of the molecule is CN1c2ccccc2-c2ccccc2-c2cc3c(cc21)C(C)(C)c1ccccc1-3. The van der Waals surface area contributed by atoms with Crippen LogP contribution in [0.25, 0.3) is 33.4 Å². The second-order valence-electron chi connectivity index (χ2n) is 8.71. The van der Waals surface area contributed by atoms with Gasteiger partial charge in [-0.25, -0.2) is 0 Å². The zero-order valence-electron chi connectivity index (χ0n) is 17.0. The molecule has 0 aromatic heterocycles. The number of nitrogens with zero attached hydrogens (tertiary/aromatic N) is 1. The number of hydrogen-bond donors (Lipinski definition) is 0. The third-order valence-electron chi connectivity index (χ3n) is 6.83. The van der Waals surface area contributed by atoms with E-state index < -0.39 is 0 Å². The summed E-state index contributed by atoms with van der Waals surface area (Å²) in [6, 6.07) is 31.3. The molecule has 0 radical (unpaired) electrons. The summed E-state index contributed by atoms with van der Waals surface area (Å²) in [5, 5.41) is 0. The molecule has 0 bridgehead atoms. The van der Waals surface area contributed by atoms with Gasteiger partial charge in [-0.15, -0.1) is 0 Å². The molecule has 1 aliphatic heterocycles. The van der Waals surface area contributed by atoms with Gasteiger partial charge in [-0.05, 0) is 51.6 Å². The van der Waals surface area contributed by atoms with Crippen LogP contribution in [-0.4, -0.2) is 7.05 Å². The molecule has 1 heterocycles. The second-order valence-corrected chi connectivity index (χ2v) is 8.71.